The molecule has 0 fully saturated rings. The van der Waals surface area contributed by atoms with Crippen LogP contribution in [0.25, 0.3) is 11.0 Å². The molecule has 0 bridgehead atoms. The minimum atomic E-state index is -0.486. The van der Waals surface area contributed by atoms with Crippen LogP contribution in [-0.4, -0.2) is 24.0 Å². The van der Waals surface area contributed by atoms with Crippen molar-refractivity contribution in [2.75, 3.05) is 12.4 Å². The second-order valence-electron chi connectivity index (χ2n) is 5.08. The molecule has 0 radical (unpaired) electrons. The Bertz CT molecular complexity index is 961. The van der Waals surface area contributed by atoms with Crippen molar-refractivity contribution in [2.45, 2.75) is 13.8 Å². The Labute approximate surface area is 146 Å². The number of nitrogens with one attached hydrogen (secondary N) is 1. The van der Waals surface area contributed by atoms with Gasteiger partial charge in [-0.2, -0.15) is 0 Å². The predicted molar refractivity (Wildman–Crippen MR) is 92.1 cm³/mol. The van der Waals surface area contributed by atoms with Crippen molar-refractivity contribution in [2.24, 2.45) is 0 Å². The number of anilines is 1. The van der Waals surface area contributed by atoms with Crippen LogP contribution in [0.3, 0.4) is 0 Å². The highest BCUT2D eigenvalue weighted by atomic mass is 35.5. The highest BCUT2D eigenvalue weighted by Crippen LogP contribution is 2.29. The third-order valence-corrected chi connectivity index (χ3v) is 4.78. The number of nitrogens with zero attached hydrogens (tertiary/aromatic N) is 1. The molecule has 0 aliphatic rings. The summed E-state index contributed by atoms with van der Waals surface area (Å²) < 4.78 is 10.3. The van der Waals surface area contributed by atoms with E-state index in [1.807, 2.05) is 0 Å². The van der Waals surface area contributed by atoms with Crippen LogP contribution in [0.1, 0.15) is 31.5 Å². The van der Waals surface area contributed by atoms with Gasteiger partial charge in [0.25, 0.3) is 5.91 Å². The molecule has 1 aromatic carbocycles. The quantitative estimate of drug-likeness (QED) is 0.704. The summed E-state index contributed by atoms with van der Waals surface area (Å²) in [6.45, 7) is 3.46. The number of carbonyl (C=O) groups is 2. The summed E-state index contributed by atoms with van der Waals surface area (Å²) in [5.74, 6) is -0.746. The van der Waals surface area contributed by atoms with E-state index in [2.05, 4.69) is 15.0 Å². The van der Waals surface area contributed by atoms with Gasteiger partial charge in [0.05, 0.1) is 12.8 Å². The van der Waals surface area contributed by atoms with Gasteiger partial charge in [0.2, 0.25) is 0 Å². The average molecular weight is 365 g/mol. The number of furan rings is 1. The molecule has 1 amide bonds. The predicted octanol–water partition coefficient (Wildman–Crippen LogP) is 4.20. The Morgan fingerprint density at radius 1 is 1.33 bits per heavy atom. The summed E-state index contributed by atoms with van der Waals surface area (Å²) in [6.07, 6.45) is 0. The lowest BCUT2D eigenvalue weighted by molar-refractivity contribution is 0.0605. The van der Waals surface area contributed by atoms with Crippen molar-refractivity contribution in [3.05, 3.63) is 45.1 Å². The molecule has 0 aliphatic heterocycles. The number of hydrogen-bond donors (Lipinski definition) is 1. The zero-order valence-corrected chi connectivity index (χ0v) is 14.7. The maximum Gasteiger partial charge on any atom is 0.350 e. The SMILES string of the molecule is COC(=O)c1sc(NC(=O)c2oc3ccc(Cl)cc3c2C)nc1C. The summed E-state index contributed by atoms with van der Waals surface area (Å²) >= 11 is 7.03. The van der Waals surface area contributed by atoms with Crippen LogP contribution in [-0.2, 0) is 4.74 Å². The van der Waals surface area contributed by atoms with E-state index in [1.165, 1.54) is 7.11 Å². The molecule has 0 spiro atoms. The Morgan fingerprint density at radius 3 is 2.79 bits per heavy atom. The first-order chi connectivity index (χ1) is 11.4. The third-order valence-electron chi connectivity index (χ3n) is 3.49. The number of thiazole rings is 1. The first-order valence-corrected chi connectivity index (χ1v) is 8.16. The van der Waals surface area contributed by atoms with Gasteiger partial charge in [-0.3, -0.25) is 10.1 Å². The third kappa shape index (κ3) is 2.88. The van der Waals surface area contributed by atoms with Gasteiger partial charge < -0.3 is 9.15 Å². The number of rotatable bonds is 3. The molecular formula is C16H13ClN2O4S. The molecule has 0 atom stereocenters. The second kappa shape index (κ2) is 6.26. The summed E-state index contributed by atoms with van der Waals surface area (Å²) in [5.41, 5.74) is 1.76. The van der Waals surface area contributed by atoms with E-state index in [4.69, 9.17) is 16.0 Å². The fraction of sp³-hybridized carbons (Fsp3) is 0.188. The Morgan fingerprint density at radius 2 is 2.08 bits per heavy atom. The number of aryl methyl sites for hydroxylation is 2. The molecule has 6 nitrogen and oxygen atoms in total. The van der Waals surface area contributed by atoms with Crippen LogP contribution in [0, 0.1) is 13.8 Å². The molecular weight excluding hydrogens is 352 g/mol. The van der Waals surface area contributed by atoms with E-state index in [-0.39, 0.29) is 5.76 Å². The van der Waals surface area contributed by atoms with Crippen molar-refractivity contribution >= 4 is 50.9 Å². The van der Waals surface area contributed by atoms with Gasteiger partial charge in [-0.15, -0.1) is 0 Å². The molecule has 0 saturated carbocycles. The Balaban J connectivity index is 1.90. The number of aromatic nitrogens is 1. The molecule has 0 unspecified atom stereocenters. The maximum atomic E-state index is 12.5. The number of halogens is 1. The molecule has 1 N–H and O–H groups in total. The van der Waals surface area contributed by atoms with Crippen LogP contribution < -0.4 is 5.32 Å². The fourth-order valence-corrected chi connectivity index (χ4v) is 3.35. The van der Waals surface area contributed by atoms with Crippen molar-refractivity contribution in [1.29, 1.82) is 0 Å². The molecule has 124 valence electrons. The largest absolute Gasteiger partial charge is 0.465 e. The van der Waals surface area contributed by atoms with Crippen LogP contribution in [0.15, 0.2) is 22.6 Å². The van der Waals surface area contributed by atoms with Gasteiger partial charge in [-0.05, 0) is 32.0 Å². The lowest BCUT2D eigenvalue weighted by Crippen LogP contribution is -2.11. The minimum absolute atomic E-state index is 0.180. The summed E-state index contributed by atoms with van der Waals surface area (Å²) in [6, 6.07) is 5.15. The van der Waals surface area contributed by atoms with Gasteiger partial charge in [-0.25, -0.2) is 9.78 Å². The van der Waals surface area contributed by atoms with Gasteiger partial charge in [0.1, 0.15) is 10.5 Å². The first-order valence-electron chi connectivity index (χ1n) is 6.96. The van der Waals surface area contributed by atoms with E-state index in [9.17, 15) is 9.59 Å². The Hall–Kier alpha value is -2.38. The number of ether oxygens (including phenoxy) is 1. The van der Waals surface area contributed by atoms with Crippen molar-refractivity contribution in [3.63, 3.8) is 0 Å². The molecule has 8 heteroatoms. The summed E-state index contributed by atoms with van der Waals surface area (Å²) in [5, 5.41) is 4.29. The molecule has 24 heavy (non-hydrogen) atoms. The average Bonchev–Trinajstić information content (AvgIpc) is 3.07. The number of benzene rings is 1. The molecule has 3 aromatic rings. The molecule has 2 aromatic heterocycles. The smallest absolute Gasteiger partial charge is 0.350 e. The van der Waals surface area contributed by atoms with Crippen LogP contribution >= 0.6 is 22.9 Å². The fourth-order valence-electron chi connectivity index (χ4n) is 2.30. The van der Waals surface area contributed by atoms with Gasteiger partial charge in [0, 0.05) is 16.0 Å². The number of esters is 1. The van der Waals surface area contributed by atoms with E-state index in [1.54, 1.807) is 32.0 Å². The summed E-state index contributed by atoms with van der Waals surface area (Å²) in [4.78, 5) is 28.6. The molecule has 3 rings (SSSR count). The van der Waals surface area contributed by atoms with Crippen molar-refractivity contribution in [3.8, 4) is 0 Å². The van der Waals surface area contributed by atoms with E-state index in [0.717, 1.165) is 16.7 Å². The van der Waals surface area contributed by atoms with E-state index < -0.39 is 11.9 Å². The van der Waals surface area contributed by atoms with E-state index >= 15 is 0 Å². The van der Waals surface area contributed by atoms with Crippen molar-refractivity contribution in [1.82, 2.24) is 4.98 Å². The number of fused-ring (bicyclic) bond motifs is 1. The molecule has 0 aliphatic carbocycles. The number of carbonyl (C=O) groups excluding carboxylic acids is 2. The lowest BCUT2D eigenvalue weighted by Gasteiger charge is -1.99. The van der Waals surface area contributed by atoms with Gasteiger partial charge in [-0.1, -0.05) is 22.9 Å². The van der Waals surface area contributed by atoms with Crippen molar-refractivity contribution < 1.29 is 18.7 Å². The number of hydrogen-bond acceptors (Lipinski definition) is 6. The normalized spacial score (nSPS) is 10.8. The molecule has 2 heterocycles. The Kier molecular flexibility index (Phi) is 4.29. The van der Waals surface area contributed by atoms with Crippen LogP contribution in [0.4, 0.5) is 5.13 Å². The standard InChI is InChI=1S/C16H13ClN2O4S/c1-7-10-6-9(17)4-5-11(10)23-12(7)14(20)19-16-18-8(2)13(24-16)15(21)22-3/h4-6H,1-3H3,(H,18,19,20). The van der Waals surface area contributed by atoms with E-state index in [0.29, 0.717) is 31.9 Å². The summed E-state index contributed by atoms with van der Waals surface area (Å²) in [7, 11) is 1.29. The second-order valence-corrected chi connectivity index (χ2v) is 6.51. The molecule has 0 saturated heterocycles. The minimum Gasteiger partial charge on any atom is -0.465 e. The lowest BCUT2D eigenvalue weighted by atomic mass is 10.1. The maximum absolute atomic E-state index is 12.5. The zero-order valence-electron chi connectivity index (χ0n) is 13.1. The highest BCUT2D eigenvalue weighted by molar-refractivity contribution is 7.17. The topological polar surface area (TPSA) is 81.4 Å². The number of amides is 1. The van der Waals surface area contributed by atoms with Crippen LogP contribution in [0.2, 0.25) is 5.02 Å². The number of methoxy groups -OCH3 is 1. The van der Waals surface area contributed by atoms with Crippen LogP contribution in [0.5, 0.6) is 0 Å². The van der Waals surface area contributed by atoms with Gasteiger partial charge >= 0.3 is 5.97 Å². The van der Waals surface area contributed by atoms with Gasteiger partial charge in [0.15, 0.2) is 10.9 Å². The zero-order chi connectivity index (χ0) is 17.4. The monoisotopic (exact) mass is 364 g/mol. The first kappa shape index (κ1) is 16.5. The highest BCUT2D eigenvalue weighted by Gasteiger charge is 2.21.